The van der Waals surface area contributed by atoms with Gasteiger partial charge in [0.2, 0.25) is 0 Å². The molecule has 0 aromatic heterocycles. The fraction of sp³-hybridized carbons (Fsp3) is 0.548. The summed E-state index contributed by atoms with van der Waals surface area (Å²) in [6.45, 7) is 22.0. The topological polar surface area (TPSA) is 0 Å². The van der Waals surface area contributed by atoms with E-state index in [-0.39, 0.29) is 35.6 Å². The molecule has 0 nitrogen and oxygen atoms in total. The monoisotopic (exact) mass is 1020 g/mol. The van der Waals surface area contributed by atoms with Gasteiger partial charge in [0.1, 0.15) is 0 Å². The van der Waals surface area contributed by atoms with Gasteiger partial charge in [-0.15, -0.1) is 24.8 Å². The number of allylic oxidation sites excluding steroid dienone is 2. The van der Waals surface area contributed by atoms with Gasteiger partial charge in [0.25, 0.3) is 0 Å². The normalized spacial score (nSPS) is 20.7. The van der Waals surface area contributed by atoms with Gasteiger partial charge in [-0.3, -0.25) is 0 Å². The molecule has 0 heterocycles. The van der Waals surface area contributed by atoms with E-state index in [1.165, 1.54) is 149 Å². The van der Waals surface area contributed by atoms with E-state index in [4.69, 9.17) is 0 Å². The molecule has 2 saturated carbocycles. The standard InChI is InChI=1S/2C30H39.2CH3.2ClH.H2Si.Zr/c2*1-5-17-30(18-10-6-7-11-19-30)22-23-20-24-13-12-15-25(27(24)21-23)26-14-8-9-16-28(26)29(2,3)4;;;;;;/h2*8-9,12-16,20-21H,5-7,10-11,17-19,22H2,1-4H3;2*1H3;2*1H;1H2;. The molecule has 4 heteroatoms. The smallest absolute Gasteiger partial charge is 0.147 e. The van der Waals surface area contributed by atoms with Crippen LogP contribution in [0.5, 0.6) is 0 Å². The second-order valence-corrected chi connectivity index (χ2v) is 55.6. The molecular formula is C62H88Cl2SiZr. The Hall–Kier alpha value is -1.96. The first-order valence-electron chi connectivity index (χ1n) is 26.3. The second kappa shape index (κ2) is 20.8. The molecule has 0 amide bonds. The van der Waals surface area contributed by atoms with Crippen LogP contribution in [0.3, 0.4) is 0 Å². The van der Waals surface area contributed by atoms with Crippen molar-refractivity contribution in [2.45, 2.75) is 198 Å². The van der Waals surface area contributed by atoms with E-state index in [0.29, 0.717) is 18.1 Å². The van der Waals surface area contributed by atoms with E-state index in [0.717, 1.165) is 0 Å². The zero-order chi connectivity index (χ0) is 45.6. The van der Waals surface area contributed by atoms with Crippen LogP contribution in [0.2, 0.25) is 9.26 Å². The first-order chi connectivity index (χ1) is 30.4. The Morgan fingerprint density at radius 1 is 0.485 bits per heavy atom. The van der Waals surface area contributed by atoms with Gasteiger partial charge in [-0.05, 0) is 0 Å². The number of benzene rings is 4. The predicted octanol–water partition coefficient (Wildman–Crippen LogP) is 19.4. The number of rotatable bonds is 12. The summed E-state index contributed by atoms with van der Waals surface area (Å²) in [4.78, 5) is 0. The molecule has 0 N–H and O–H groups in total. The van der Waals surface area contributed by atoms with E-state index in [9.17, 15) is 0 Å². The van der Waals surface area contributed by atoms with Gasteiger partial charge < -0.3 is 0 Å². The Morgan fingerprint density at radius 3 is 1.15 bits per heavy atom. The maximum atomic E-state index is 2.96. The SMILES string of the molecule is CCCC1(CC2=Cc3c(-c4ccccc4C(C)(C)C)cccc3[CH]2[Zr]([CH3])([CH3])(=[SiH2])[CH]2C(CC3(CCC)CCCCCC3)=Cc3c(-c4ccccc4C(C)(C)C)cccc32)CCCCCC1.Cl.Cl. The van der Waals surface area contributed by atoms with Crippen molar-refractivity contribution in [3.05, 3.63) is 129 Å². The molecule has 2 unspecified atom stereocenters. The van der Waals surface area contributed by atoms with E-state index in [1.54, 1.807) is 22.3 Å². The summed E-state index contributed by atoms with van der Waals surface area (Å²) in [7, 11) is 0. The van der Waals surface area contributed by atoms with Gasteiger partial charge >= 0.3 is 397 Å². The molecule has 4 aliphatic carbocycles. The van der Waals surface area contributed by atoms with Crippen LogP contribution in [-0.2, 0) is 28.2 Å². The quantitative estimate of drug-likeness (QED) is 0.0980. The minimum atomic E-state index is -4.10. The van der Waals surface area contributed by atoms with Gasteiger partial charge in [-0.2, -0.15) is 0 Å². The third-order valence-electron chi connectivity index (χ3n) is 17.3. The molecule has 0 spiro atoms. The van der Waals surface area contributed by atoms with Crippen molar-refractivity contribution in [1.29, 1.82) is 0 Å². The molecule has 4 aromatic carbocycles. The number of hydrogen-bond donors (Lipinski definition) is 0. The van der Waals surface area contributed by atoms with Crippen molar-refractivity contribution in [2.24, 2.45) is 10.8 Å². The molecule has 358 valence electrons. The van der Waals surface area contributed by atoms with E-state index < -0.39 is 17.4 Å². The van der Waals surface area contributed by atoms with Crippen LogP contribution in [0, 0.1) is 10.8 Å². The molecule has 2 fully saturated rings. The molecule has 4 aliphatic rings. The minimum absolute atomic E-state index is 0. The summed E-state index contributed by atoms with van der Waals surface area (Å²) in [6.07, 6.45) is 30.4. The maximum Gasteiger partial charge on any atom is -0.147 e. The molecule has 66 heavy (non-hydrogen) atoms. The Kier molecular flexibility index (Phi) is 16.8. The van der Waals surface area contributed by atoms with Gasteiger partial charge in [-0.25, -0.2) is 0 Å². The van der Waals surface area contributed by atoms with Crippen LogP contribution >= 0.6 is 24.8 Å². The maximum absolute atomic E-state index is 4.10. The summed E-state index contributed by atoms with van der Waals surface area (Å²) in [5, 5.41) is 0. The molecule has 0 bridgehead atoms. The van der Waals surface area contributed by atoms with Gasteiger partial charge in [-0.1, -0.05) is 0 Å². The van der Waals surface area contributed by atoms with Crippen LogP contribution in [0.1, 0.15) is 212 Å². The molecule has 0 radical (unpaired) electrons. The predicted molar refractivity (Wildman–Crippen MR) is 297 cm³/mol. The number of hydrogen-bond acceptors (Lipinski definition) is 0. The fourth-order valence-electron chi connectivity index (χ4n) is 14.8. The summed E-state index contributed by atoms with van der Waals surface area (Å²) in [5.41, 5.74) is 19.7. The average molecular weight is 1020 g/mol. The van der Waals surface area contributed by atoms with Crippen molar-refractivity contribution in [1.82, 2.24) is 0 Å². The van der Waals surface area contributed by atoms with Crippen LogP contribution in [0.4, 0.5) is 0 Å². The molecule has 0 aliphatic heterocycles. The largest absolute Gasteiger partial charge is 0.147 e. The van der Waals surface area contributed by atoms with Crippen LogP contribution in [0.25, 0.3) is 34.4 Å². The number of halogens is 2. The molecular weight excluding hydrogens is 935 g/mol. The molecule has 8 rings (SSSR count). The van der Waals surface area contributed by atoms with Crippen molar-refractivity contribution in [3.8, 4) is 22.3 Å². The summed E-state index contributed by atoms with van der Waals surface area (Å²) in [5.74, 6) is 0. The molecule has 2 atom stereocenters. The van der Waals surface area contributed by atoms with E-state index in [1.807, 2.05) is 11.1 Å². The Morgan fingerprint density at radius 2 is 0.818 bits per heavy atom. The van der Waals surface area contributed by atoms with Crippen molar-refractivity contribution >= 4 is 43.8 Å². The van der Waals surface area contributed by atoms with Crippen molar-refractivity contribution in [2.75, 3.05) is 0 Å². The third kappa shape index (κ3) is 10.5. The van der Waals surface area contributed by atoms with Crippen LogP contribution < -0.4 is 0 Å². The Bertz CT molecular complexity index is 2280. The third-order valence-corrected chi connectivity index (χ3v) is 34.8. The first kappa shape index (κ1) is 53.4. The summed E-state index contributed by atoms with van der Waals surface area (Å²) in [6, 6.07) is 33.9. The van der Waals surface area contributed by atoms with Crippen LogP contribution in [0.15, 0.2) is 96.1 Å². The Balaban J connectivity index is 0.00000360. The zero-order valence-electron chi connectivity index (χ0n) is 43.1. The van der Waals surface area contributed by atoms with Gasteiger partial charge in [0, 0.05) is 0 Å². The van der Waals surface area contributed by atoms with Gasteiger partial charge in [0.05, 0.1) is 0 Å². The molecule has 4 aromatic rings. The molecule has 0 saturated heterocycles. The van der Waals surface area contributed by atoms with Gasteiger partial charge in [0.15, 0.2) is 0 Å². The Labute approximate surface area is 418 Å². The first-order valence-corrected chi connectivity index (χ1v) is 40.0. The number of fused-ring (bicyclic) bond motifs is 2. The second-order valence-electron chi connectivity index (χ2n) is 25.1. The fourth-order valence-corrected chi connectivity index (χ4v) is 34.4. The average Bonchev–Trinajstić information content (AvgIpc) is 3.62. The minimum Gasteiger partial charge on any atom is -0.147 e. The van der Waals surface area contributed by atoms with Crippen LogP contribution in [-0.4, -0.2) is 6.88 Å². The zero-order valence-corrected chi connectivity index (χ0v) is 48.6. The summed E-state index contributed by atoms with van der Waals surface area (Å²) < 4.78 is 6.95. The summed E-state index contributed by atoms with van der Waals surface area (Å²) >= 11 is -4.10. The van der Waals surface area contributed by atoms with E-state index >= 15 is 0 Å². The van der Waals surface area contributed by atoms with Crippen molar-refractivity contribution in [3.63, 3.8) is 0 Å². The van der Waals surface area contributed by atoms with E-state index in [2.05, 4.69) is 169 Å². The van der Waals surface area contributed by atoms with Crippen molar-refractivity contribution < 1.29 is 17.4 Å².